The summed E-state index contributed by atoms with van der Waals surface area (Å²) in [6.45, 7) is 6.12. The molecular formula is C14H19N3O2. The highest BCUT2D eigenvalue weighted by atomic mass is 16.5. The van der Waals surface area contributed by atoms with Gasteiger partial charge in [-0.3, -0.25) is 0 Å². The molecule has 1 fully saturated rings. The first-order valence-corrected chi connectivity index (χ1v) is 6.32. The lowest BCUT2D eigenvalue weighted by atomic mass is 10.1. The summed E-state index contributed by atoms with van der Waals surface area (Å²) in [6.07, 6.45) is 1.68. The summed E-state index contributed by atoms with van der Waals surface area (Å²) >= 11 is 0. The van der Waals surface area contributed by atoms with Gasteiger partial charge in [0.05, 0.1) is 29.9 Å². The Labute approximate surface area is 113 Å². The van der Waals surface area contributed by atoms with Crippen LogP contribution in [0, 0.1) is 11.3 Å². The number of hydrogen-bond acceptors (Lipinski definition) is 5. The molecule has 5 heteroatoms. The van der Waals surface area contributed by atoms with Crippen molar-refractivity contribution in [3.05, 3.63) is 23.9 Å². The second-order valence-corrected chi connectivity index (χ2v) is 5.35. The number of rotatable bonds is 3. The Balaban J connectivity index is 2.20. The number of morpholine rings is 1. The van der Waals surface area contributed by atoms with E-state index in [9.17, 15) is 0 Å². The van der Waals surface area contributed by atoms with Crippen LogP contribution < -0.4 is 4.90 Å². The van der Waals surface area contributed by atoms with Gasteiger partial charge >= 0.3 is 0 Å². The molecule has 0 aliphatic carbocycles. The van der Waals surface area contributed by atoms with E-state index in [0.717, 1.165) is 18.9 Å². The molecule has 5 nitrogen and oxygen atoms in total. The summed E-state index contributed by atoms with van der Waals surface area (Å²) in [4.78, 5) is 6.50. The molecule has 0 unspecified atom stereocenters. The van der Waals surface area contributed by atoms with Gasteiger partial charge in [-0.05, 0) is 26.0 Å². The summed E-state index contributed by atoms with van der Waals surface area (Å²) in [7, 11) is 1.67. The third-order valence-corrected chi connectivity index (χ3v) is 3.03. The zero-order valence-corrected chi connectivity index (χ0v) is 11.6. The number of pyridine rings is 1. The van der Waals surface area contributed by atoms with Gasteiger partial charge in [-0.2, -0.15) is 5.26 Å². The van der Waals surface area contributed by atoms with Gasteiger partial charge in [-0.25, -0.2) is 4.98 Å². The van der Waals surface area contributed by atoms with Gasteiger partial charge in [0.2, 0.25) is 0 Å². The molecule has 1 aromatic rings. The van der Waals surface area contributed by atoms with Gasteiger partial charge < -0.3 is 14.4 Å². The van der Waals surface area contributed by atoms with Crippen molar-refractivity contribution >= 4 is 5.82 Å². The molecule has 0 saturated carbocycles. The lowest BCUT2D eigenvalue weighted by Gasteiger charge is -2.43. The van der Waals surface area contributed by atoms with Crippen LogP contribution in [0.4, 0.5) is 5.82 Å². The molecule has 1 aromatic heterocycles. The number of hydrogen-bond donors (Lipinski definition) is 0. The standard InChI is InChI=1S/C14H19N3O2/c1-14(2)10-17(8-12(19-14)9-18-3)13-6-11(7-15)4-5-16-13/h4-6,12H,8-10H2,1-3H3/t12-/m1/s1. The maximum absolute atomic E-state index is 8.96. The molecule has 19 heavy (non-hydrogen) atoms. The fraction of sp³-hybridized carbons (Fsp3) is 0.571. The second-order valence-electron chi connectivity index (χ2n) is 5.35. The van der Waals surface area contributed by atoms with Crippen LogP contribution in [-0.2, 0) is 9.47 Å². The minimum atomic E-state index is -0.258. The normalized spacial score (nSPS) is 22.0. The highest BCUT2D eigenvalue weighted by Gasteiger charge is 2.33. The number of ether oxygens (including phenoxy) is 2. The predicted molar refractivity (Wildman–Crippen MR) is 72.0 cm³/mol. The van der Waals surface area contributed by atoms with Gasteiger partial charge in [0.15, 0.2) is 0 Å². The van der Waals surface area contributed by atoms with E-state index < -0.39 is 0 Å². The third-order valence-electron chi connectivity index (χ3n) is 3.03. The van der Waals surface area contributed by atoms with E-state index >= 15 is 0 Å². The van der Waals surface area contributed by atoms with Crippen LogP contribution >= 0.6 is 0 Å². The van der Waals surface area contributed by atoms with E-state index in [-0.39, 0.29) is 11.7 Å². The van der Waals surface area contributed by atoms with Crippen LogP contribution in [0.2, 0.25) is 0 Å². The molecule has 2 rings (SSSR count). The Bertz CT molecular complexity index is 482. The molecule has 1 aliphatic heterocycles. The van der Waals surface area contributed by atoms with Crippen molar-refractivity contribution in [2.24, 2.45) is 0 Å². The van der Waals surface area contributed by atoms with Crippen LogP contribution in [0.25, 0.3) is 0 Å². The molecule has 2 heterocycles. The quantitative estimate of drug-likeness (QED) is 0.827. The first kappa shape index (κ1) is 13.8. The number of nitriles is 1. The molecule has 1 saturated heterocycles. The average molecular weight is 261 g/mol. The Morgan fingerprint density at radius 1 is 1.63 bits per heavy atom. The van der Waals surface area contributed by atoms with Crippen molar-refractivity contribution in [1.29, 1.82) is 5.26 Å². The Kier molecular flexibility index (Phi) is 4.03. The van der Waals surface area contributed by atoms with Gasteiger partial charge in [-0.1, -0.05) is 0 Å². The Hall–Kier alpha value is -1.64. The number of aromatic nitrogens is 1. The van der Waals surface area contributed by atoms with Crippen molar-refractivity contribution < 1.29 is 9.47 Å². The number of anilines is 1. The van der Waals surface area contributed by atoms with Crippen molar-refractivity contribution in [3.8, 4) is 6.07 Å². The Morgan fingerprint density at radius 3 is 3.11 bits per heavy atom. The van der Waals surface area contributed by atoms with E-state index in [1.54, 1.807) is 19.4 Å². The highest BCUT2D eigenvalue weighted by molar-refractivity contribution is 5.45. The molecular weight excluding hydrogens is 242 g/mol. The summed E-state index contributed by atoms with van der Waals surface area (Å²) in [6, 6.07) is 5.66. The second kappa shape index (κ2) is 5.55. The monoisotopic (exact) mass is 261 g/mol. The summed E-state index contributed by atoms with van der Waals surface area (Å²) in [5.74, 6) is 0.816. The van der Waals surface area contributed by atoms with Crippen LogP contribution in [0.3, 0.4) is 0 Å². The first-order valence-electron chi connectivity index (χ1n) is 6.32. The van der Waals surface area contributed by atoms with E-state index in [1.165, 1.54) is 0 Å². The van der Waals surface area contributed by atoms with Crippen molar-refractivity contribution in [2.75, 3.05) is 31.7 Å². The lowest BCUT2D eigenvalue weighted by Crippen LogP contribution is -2.54. The van der Waals surface area contributed by atoms with E-state index in [2.05, 4.69) is 29.8 Å². The minimum absolute atomic E-state index is 0.0151. The fourth-order valence-electron chi connectivity index (χ4n) is 2.40. The zero-order valence-electron chi connectivity index (χ0n) is 11.6. The molecule has 0 radical (unpaired) electrons. The molecule has 1 aliphatic rings. The topological polar surface area (TPSA) is 58.4 Å². The predicted octanol–water partition coefficient (Wildman–Crippen LogP) is 1.58. The van der Waals surface area contributed by atoms with E-state index in [0.29, 0.717) is 12.2 Å². The van der Waals surface area contributed by atoms with E-state index in [4.69, 9.17) is 14.7 Å². The van der Waals surface area contributed by atoms with Crippen molar-refractivity contribution in [3.63, 3.8) is 0 Å². The summed E-state index contributed by atoms with van der Waals surface area (Å²) in [5, 5.41) is 8.96. The molecule has 0 spiro atoms. The highest BCUT2D eigenvalue weighted by Crippen LogP contribution is 2.25. The molecule has 0 aromatic carbocycles. The summed E-state index contributed by atoms with van der Waals surface area (Å²) in [5.41, 5.74) is 0.365. The molecule has 102 valence electrons. The zero-order chi connectivity index (χ0) is 13.9. The van der Waals surface area contributed by atoms with Gasteiger partial charge in [0.1, 0.15) is 5.82 Å². The van der Waals surface area contributed by atoms with Gasteiger partial charge in [-0.15, -0.1) is 0 Å². The average Bonchev–Trinajstić information content (AvgIpc) is 2.37. The third kappa shape index (κ3) is 3.43. The van der Waals surface area contributed by atoms with Crippen LogP contribution in [0.1, 0.15) is 19.4 Å². The smallest absolute Gasteiger partial charge is 0.129 e. The Morgan fingerprint density at radius 2 is 2.42 bits per heavy atom. The molecule has 0 amide bonds. The summed E-state index contributed by atoms with van der Waals surface area (Å²) < 4.78 is 11.1. The van der Waals surface area contributed by atoms with Gasteiger partial charge in [0, 0.05) is 26.4 Å². The van der Waals surface area contributed by atoms with Crippen LogP contribution in [-0.4, -0.2) is 43.5 Å². The largest absolute Gasteiger partial charge is 0.382 e. The van der Waals surface area contributed by atoms with Crippen molar-refractivity contribution in [2.45, 2.75) is 25.6 Å². The molecule has 0 bridgehead atoms. The van der Waals surface area contributed by atoms with Crippen LogP contribution in [0.5, 0.6) is 0 Å². The maximum Gasteiger partial charge on any atom is 0.129 e. The fourth-order valence-corrected chi connectivity index (χ4v) is 2.40. The number of methoxy groups -OCH3 is 1. The van der Waals surface area contributed by atoms with Crippen LogP contribution in [0.15, 0.2) is 18.3 Å². The number of nitrogens with zero attached hydrogens (tertiary/aromatic N) is 3. The first-order chi connectivity index (χ1) is 9.04. The maximum atomic E-state index is 8.96. The SMILES string of the molecule is COC[C@H]1CN(c2cc(C#N)ccn2)CC(C)(C)O1. The van der Waals surface area contributed by atoms with E-state index in [1.807, 2.05) is 6.07 Å². The lowest BCUT2D eigenvalue weighted by molar-refractivity contribution is -0.106. The van der Waals surface area contributed by atoms with Gasteiger partial charge in [0.25, 0.3) is 0 Å². The van der Waals surface area contributed by atoms with Crippen molar-refractivity contribution in [1.82, 2.24) is 4.98 Å². The molecule has 0 N–H and O–H groups in total. The molecule has 1 atom stereocenters. The minimum Gasteiger partial charge on any atom is -0.382 e.